The monoisotopic (exact) mass is 340 g/mol. The molecular weight excluding hydrogens is 316 g/mol. The molecule has 0 spiro atoms. The van der Waals surface area contributed by atoms with Crippen molar-refractivity contribution < 1.29 is 0 Å². The fourth-order valence-corrected chi connectivity index (χ4v) is 3.36. The molecular formula is C24H24N2. The van der Waals surface area contributed by atoms with E-state index in [1.807, 2.05) is 0 Å². The van der Waals surface area contributed by atoms with Crippen LogP contribution in [0.3, 0.4) is 0 Å². The summed E-state index contributed by atoms with van der Waals surface area (Å²) in [5.74, 6) is 0.544. The fraction of sp³-hybridized carbons (Fsp3) is 0.167. The van der Waals surface area contributed by atoms with Crippen molar-refractivity contribution in [3.05, 3.63) is 108 Å². The molecule has 2 heteroatoms. The maximum Gasteiger partial charge on any atom is 0.0720 e. The van der Waals surface area contributed by atoms with Gasteiger partial charge in [-0.15, -0.1) is 0 Å². The van der Waals surface area contributed by atoms with E-state index in [0.29, 0.717) is 5.92 Å². The molecule has 1 N–H and O–H groups in total. The van der Waals surface area contributed by atoms with Crippen LogP contribution in [0, 0.1) is 0 Å². The maximum absolute atomic E-state index is 3.65. The van der Waals surface area contributed by atoms with Gasteiger partial charge in [0.25, 0.3) is 0 Å². The topological polar surface area (TPSA) is 15.3 Å². The predicted molar refractivity (Wildman–Crippen MR) is 110 cm³/mol. The molecule has 4 rings (SSSR count). The van der Waals surface area contributed by atoms with Gasteiger partial charge in [0.15, 0.2) is 0 Å². The van der Waals surface area contributed by atoms with E-state index in [1.54, 1.807) is 0 Å². The van der Waals surface area contributed by atoms with Crippen molar-refractivity contribution in [2.24, 2.45) is 0 Å². The lowest BCUT2D eigenvalue weighted by Crippen LogP contribution is -2.33. The van der Waals surface area contributed by atoms with Crippen molar-refractivity contribution in [2.45, 2.75) is 25.8 Å². The third-order valence-corrected chi connectivity index (χ3v) is 4.88. The highest BCUT2D eigenvalue weighted by molar-refractivity contribution is 5.81. The van der Waals surface area contributed by atoms with Gasteiger partial charge in [0.1, 0.15) is 0 Å². The van der Waals surface area contributed by atoms with Crippen LogP contribution >= 0.6 is 0 Å². The first-order chi connectivity index (χ1) is 12.7. The molecule has 1 atom stereocenters. The summed E-state index contributed by atoms with van der Waals surface area (Å²) >= 11 is 0. The van der Waals surface area contributed by atoms with Crippen LogP contribution in [-0.2, 0) is 0 Å². The first-order valence-electron chi connectivity index (χ1n) is 9.21. The highest BCUT2D eigenvalue weighted by atomic mass is 15.5. The number of anilines is 1. The Morgan fingerprint density at radius 2 is 1.38 bits per heavy atom. The Kier molecular flexibility index (Phi) is 4.59. The van der Waals surface area contributed by atoms with Gasteiger partial charge in [-0.25, -0.2) is 5.43 Å². The summed E-state index contributed by atoms with van der Waals surface area (Å²) in [4.78, 5) is 0. The van der Waals surface area contributed by atoms with Crippen molar-refractivity contribution >= 4 is 11.4 Å². The minimum atomic E-state index is 0.163. The van der Waals surface area contributed by atoms with Crippen LogP contribution in [0.1, 0.15) is 42.5 Å². The molecule has 1 unspecified atom stereocenters. The zero-order chi connectivity index (χ0) is 17.9. The minimum Gasteiger partial charge on any atom is -0.276 e. The van der Waals surface area contributed by atoms with Crippen molar-refractivity contribution in [1.82, 2.24) is 5.43 Å². The van der Waals surface area contributed by atoms with Gasteiger partial charge in [-0.1, -0.05) is 86.6 Å². The van der Waals surface area contributed by atoms with Crippen LogP contribution in [-0.4, -0.2) is 0 Å². The van der Waals surface area contributed by atoms with Gasteiger partial charge in [0.2, 0.25) is 0 Å². The molecule has 0 fully saturated rings. The van der Waals surface area contributed by atoms with Crippen molar-refractivity contribution in [2.75, 3.05) is 5.01 Å². The number of hydrazine groups is 1. The Morgan fingerprint density at radius 1 is 0.769 bits per heavy atom. The Hall–Kier alpha value is -2.84. The second-order valence-electron chi connectivity index (χ2n) is 7.02. The molecule has 0 bridgehead atoms. The zero-order valence-corrected chi connectivity index (χ0v) is 15.3. The molecule has 2 nitrogen and oxygen atoms in total. The number of benzene rings is 3. The van der Waals surface area contributed by atoms with Gasteiger partial charge >= 0.3 is 0 Å². The standard InChI is InChI=1S/C24H24N2/c1-18(2)19-13-15-21(16-14-19)24-17-23(20-9-5-3-6-10-20)25-26(24)22-11-7-4-8-12-22/h3-18,23,25H,1-2H3. The number of hydrogen-bond acceptors (Lipinski definition) is 2. The first kappa shape index (κ1) is 16.6. The lowest BCUT2D eigenvalue weighted by Gasteiger charge is -2.24. The summed E-state index contributed by atoms with van der Waals surface area (Å²) in [6.07, 6.45) is 2.31. The van der Waals surface area contributed by atoms with Gasteiger partial charge in [-0.3, -0.25) is 5.01 Å². The molecule has 3 aromatic carbocycles. The van der Waals surface area contributed by atoms with Crippen LogP contribution in [0.5, 0.6) is 0 Å². The van der Waals surface area contributed by atoms with Crippen molar-refractivity contribution in [3.8, 4) is 0 Å². The SMILES string of the molecule is CC(C)c1ccc(C2=CC(c3ccccc3)NN2c2ccccc2)cc1. The van der Waals surface area contributed by atoms with E-state index < -0.39 is 0 Å². The van der Waals surface area contributed by atoms with Gasteiger partial charge in [0.05, 0.1) is 17.4 Å². The van der Waals surface area contributed by atoms with E-state index in [9.17, 15) is 0 Å². The van der Waals surface area contributed by atoms with Crippen LogP contribution in [0.15, 0.2) is 91.0 Å². The van der Waals surface area contributed by atoms with E-state index in [2.05, 4.69) is 115 Å². The molecule has 26 heavy (non-hydrogen) atoms. The zero-order valence-electron chi connectivity index (χ0n) is 15.3. The molecule has 0 saturated carbocycles. The van der Waals surface area contributed by atoms with Crippen LogP contribution < -0.4 is 10.4 Å². The molecule has 0 aromatic heterocycles. The molecule has 130 valence electrons. The molecule has 0 aliphatic carbocycles. The average Bonchev–Trinajstić information content (AvgIpc) is 3.15. The van der Waals surface area contributed by atoms with Gasteiger partial charge in [0, 0.05) is 0 Å². The summed E-state index contributed by atoms with van der Waals surface area (Å²) in [7, 11) is 0. The fourth-order valence-electron chi connectivity index (χ4n) is 3.36. The van der Waals surface area contributed by atoms with E-state index in [-0.39, 0.29) is 6.04 Å². The Balaban J connectivity index is 1.73. The van der Waals surface area contributed by atoms with Gasteiger partial charge in [-0.05, 0) is 40.8 Å². The summed E-state index contributed by atoms with van der Waals surface area (Å²) < 4.78 is 0. The number of nitrogens with zero attached hydrogens (tertiary/aromatic N) is 1. The Bertz CT molecular complexity index is 881. The van der Waals surface area contributed by atoms with Crippen molar-refractivity contribution in [3.63, 3.8) is 0 Å². The molecule has 0 saturated heterocycles. The largest absolute Gasteiger partial charge is 0.276 e. The third-order valence-electron chi connectivity index (χ3n) is 4.88. The second-order valence-corrected chi connectivity index (χ2v) is 7.02. The number of hydrogen-bond donors (Lipinski definition) is 1. The van der Waals surface area contributed by atoms with E-state index >= 15 is 0 Å². The normalized spacial score (nSPS) is 16.8. The summed E-state index contributed by atoms with van der Waals surface area (Å²) in [6, 6.07) is 30.1. The van der Waals surface area contributed by atoms with E-state index in [1.165, 1.54) is 22.4 Å². The molecule has 0 radical (unpaired) electrons. The molecule has 1 aliphatic heterocycles. The van der Waals surface area contributed by atoms with Crippen molar-refractivity contribution in [1.29, 1.82) is 0 Å². The summed E-state index contributed by atoms with van der Waals surface area (Å²) in [5, 5.41) is 2.20. The Morgan fingerprint density at radius 3 is 2.00 bits per heavy atom. The van der Waals surface area contributed by atoms with Crippen LogP contribution in [0.2, 0.25) is 0 Å². The van der Waals surface area contributed by atoms with Gasteiger partial charge < -0.3 is 0 Å². The first-order valence-corrected chi connectivity index (χ1v) is 9.21. The number of rotatable bonds is 4. The Labute approximate surface area is 155 Å². The maximum atomic E-state index is 3.65. The quantitative estimate of drug-likeness (QED) is 0.634. The minimum absolute atomic E-state index is 0.163. The number of nitrogens with one attached hydrogen (secondary N) is 1. The third kappa shape index (κ3) is 3.29. The predicted octanol–water partition coefficient (Wildman–Crippen LogP) is 5.92. The van der Waals surface area contributed by atoms with E-state index in [0.717, 1.165) is 5.69 Å². The highest BCUT2D eigenvalue weighted by Gasteiger charge is 2.26. The van der Waals surface area contributed by atoms with Crippen LogP contribution in [0.4, 0.5) is 5.69 Å². The number of para-hydroxylation sites is 1. The molecule has 1 heterocycles. The molecule has 1 aliphatic rings. The average molecular weight is 340 g/mol. The summed E-state index contributed by atoms with van der Waals surface area (Å²) in [5.41, 5.74) is 9.85. The summed E-state index contributed by atoms with van der Waals surface area (Å²) in [6.45, 7) is 4.46. The molecule has 3 aromatic rings. The molecule has 0 amide bonds. The second kappa shape index (κ2) is 7.19. The lowest BCUT2D eigenvalue weighted by molar-refractivity contribution is 0.674. The highest BCUT2D eigenvalue weighted by Crippen LogP contribution is 2.34. The van der Waals surface area contributed by atoms with Crippen LogP contribution in [0.25, 0.3) is 5.70 Å². The van der Waals surface area contributed by atoms with Gasteiger partial charge in [-0.2, -0.15) is 0 Å². The van der Waals surface area contributed by atoms with E-state index in [4.69, 9.17) is 0 Å². The lowest BCUT2D eigenvalue weighted by atomic mass is 10.00. The smallest absolute Gasteiger partial charge is 0.0720 e.